The minimum atomic E-state index is -1.21. The Morgan fingerprint density at radius 3 is 1.24 bits per heavy atom. The first kappa shape index (κ1) is 38.3. The largest absolute Gasteiger partial charge is 3.00 e. The van der Waals surface area contributed by atoms with Crippen molar-refractivity contribution in [2.45, 2.75) is 45.1 Å². The van der Waals surface area contributed by atoms with Gasteiger partial charge in [-0.15, -0.1) is 0 Å². The molecule has 0 saturated heterocycles. The van der Waals surface area contributed by atoms with Crippen molar-refractivity contribution in [3.8, 4) is 0 Å². The van der Waals surface area contributed by atoms with E-state index in [1.54, 1.807) is 0 Å². The maximum absolute atomic E-state index is 8.34. The van der Waals surface area contributed by atoms with Gasteiger partial charge in [-0.25, -0.2) is 0 Å². The molecule has 0 heterocycles. The van der Waals surface area contributed by atoms with Crippen LogP contribution in [0.1, 0.15) is 39.5 Å². The van der Waals surface area contributed by atoms with Crippen LogP contribution in [0.25, 0.3) is 0 Å². The van der Waals surface area contributed by atoms with E-state index < -0.39 is 25.4 Å². The Morgan fingerprint density at radius 1 is 0.810 bits per heavy atom. The van der Waals surface area contributed by atoms with Crippen molar-refractivity contribution in [1.29, 1.82) is 0 Å². The van der Waals surface area contributed by atoms with Gasteiger partial charge in [-0.3, -0.25) is 0 Å². The molecule has 0 amide bonds. The van der Waals surface area contributed by atoms with E-state index >= 15 is 0 Å². The molecule has 0 aliphatic rings. The maximum atomic E-state index is 8.34. The molecule has 0 aliphatic carbocycles. The molecular weight excluding hydrogens is 447 g/mol. The Bertz CT molecular complexity index is 147. The van der Waals surface area contributed by atoms with E-state index in [1.807, 2.05) is 0 Å². The summed E-state index contributed by atoms with van der Waals surface area (Å²) in [5.41, 5.74) is 3.94. The van der Waals surface area contributed by atoms with Gasteiger partial charge in [0.15, 0.2) is 0 Å². The average Bonchev–Trinajstić information content (AvgIpc) is 2.38. The second-order valence-electron chi connectivity index (χ2n) is 4.16. The molecule has 0 aromatic heterocycles. The van der Waals surface area contributed by atoms with Crippen molar-refractivity contribution >= 4 is 11.8 Å². The monoisotopic (exact) mass is 475 g/mol. The Labute approximate surface area is 165 Å². The van der Waals surface area contributed by atoms with Gasteiger partial charge >= 0.3 is 19.5 Å². The number of unbranched alkanes of at least 4 members (excludes halogenated alkanes) is 2. The summed E-state index contributed by atoms with van der Waals surface area (Å²) < 4.78 is 0. The number of halogens is 3. The molecule has 0 saturated carbocycles. The van der Waals surface area contributed by atoms with Crippen LogP contribution in [0.2, 0.25) is 0 Å². The third kappa shape index (κ3) is 30.2. The number of hydrogen-bond acceptors (Lipinski definition) is 5. The third-order valence-electron chi connectivity index (χ3n) is 2.23. The van der Waals surface area contributed by atoms with Gasteiger partial charge in [-0.05, 0) is 24.3 Å². The van der Waals surface area contributed by atoms with E-state index in [9.17, 15) is 0 Å². The predicted octanol–water partition coefficient (Wildman–Crippen LogP) is -8.01. The summed E-state index contributed by atoms with van der Waals surface area (Å²) in [5.74, 6) is 2.74. The fourth-order valence-electron chi connectivity index (χ4n) is 0.745. The van der Waals surface area contributed by atoms with E-state index in [0.29, 0.717) is 0 Å². The third-order valence-corrected chi connectivity index (χ3v) is 3.38. The van der Waals surface area contributed by atoms with Crippen molar-refractivity contribution < 1.29 is 72.0 Å². The minimum absolute atomic E-state index is 0. The molecule has 5 N–H and O–H groups in total. The summed E-state index contributed by atoms with van der Waals surface area (Å²) in [7, 11) is 0. The van der Waals surface area contributed by atoms with Gasteiger partial charge in [0.25, 0.3) is 0 Å². The second kappa shape index (κ2) is 29.7. The molecule has 0 radical (unpaired) electrons. The summed E-state index contributed by atoms with van der Waals surface area (Å²) in [6.07, 6.45) is 5.49. The van der Waals surface area contributed by atoms with Gasteiger partial charge in [0, 0.05) is 0 Å². The molecule has 4 nitrogen and oxygen atoms in total. The fraction of sp³-hybridized carbons (Fsp3) is 1.00. The van der Waals surface area contributed by atoms with Crippen LogP contribution < -0.4 is 43.0 Å². The normalized spacial score (nSPS) is 8.86. The van der Waals surface area contributed by atoms with Crippen molar-refractivity contribution in [3.05, 3.63) is 0 Å². The number of aliphatic hydroxyl groups excluding tert-OH is 3. The molecule has 136 valence electrons. The molecule has 0 aliphatic heterocycles. The fourth-order valence-corrected chi connectivity index (χ4v) is 1.93. The van der Waals surface area contributed by atoms with Crippen molar-refractivity contribution in [2.75, 3.05) is 31.3 Å². The zero-order chi connectivity index (χ0) is 13.6. The quantitative estimate of drug-likeness (QED) is 0.196. The van der Waals surface area contributed by atoms with E-state index in [0.717, 1.165) is 0 Å². The molecule has 0 aromatic carbocycles. The minimum Gasteiger partial charge on any atom is -1.00 e. The van der Waals surface area contributed by atoms with Gasteiger partial charge in [0.05, 0.1) is 25.4 Å². The first-order valence-electron chi connectivity index (χ1n) is 6.29. The Balaban J connectivity index is -0.0000000452. The van der Waals surface area contributed by atoms with Crippen molar-refractivity contribution in [2.24, 2.45) is 5.73 Å². The van der Waals surface area contributed by atoms with Gasteiger partial charge in [-0.2, -0.15) is 11.8 Å². The number of thioether (sulfide) groups is 1. The topological polar surface area (TPSA) is 86.7 Å². The smallest absolute Gasteiger partial charge is 1.00 e. The first-order chi connectivity index (χ1) is 8.10. The van der Waals surface area contributed by atoms with Crippen LogP contribution in [0.5, 0.6) is 0 Å². The molecule has 21 heavy (non-hydrogen) atoms. The van der Waals surface area contributed by atoms with Crippen LogP contribution in [0.15, 0.2) is 0 Å². The Morgan fingerprint density at radius 2 is 1.10 bits per heavy atom. The molecule has 0 spiro atoms. The van der Waals surface area contributed by atoms with E-state index in [4.69, 9.17) is 21.1 Å². The Kier molecular flexibility index (Phi) is 54.1. The van der Waals surface area contributed by atoms with Crippen LogP contribution in [0.4, 0.5) is 0 Å². The Hall–Kier alpha value is 1.68. The molecule has 0 rings (SSSR count). The van der Waals surface area contributed by atoms with E-state index in [2.05, 4.69) is 25.6 Å². The molecule has 0 fully saturated rings. The van der Waals surface area contributed by atoms with Gasteiger partial charge in [0.1, 0.15) is 0 Å². The number of rotatable bonds is 9. The van der Waals surface area contributed by atoms with Crippen LogP contribution in [-0.4, -0.2) is 52.2 Å². The predicted molar refractivity (Wildman–Crippen MR) is 75.3 cm³/mol. The van der Waals surface area contributed by atoms with Crippen LogP contribution >= 0.6 is 11.8 Å². The first-order valence-corrected chi connectivity index (χ1v) is 7.44. The number of aliphatic hydroxyl groups is 3. The zero-order valence-corrected chi connectivity index (χ0v) is 17.4. The number of nitrogens with two attached hydrogens (primary N) is 1. The van der Waals surface area contributed by atoms with Crippen molar-refractivity contribution in [1.82, 2.24) is 0 Å². The molecule has 0 unspecified atom stereocenters. The summed E-state index contributed by atoms with van der Waals surface area (Å²) in [6, 6.07) is 0. The summed E-state index contributed by atoms with van der Waals surface area (Å²) in [5, 5.41) is 25.0. The second-order valence-corrected chi connectivity index (χ2v) is 5.38. The SMILES string of the molecule is CCCCSCCCC.NC(CO)(CO)CO.[Cl-].[Cl-].[Cl-].[Rh+3]. The van der Waals surface area contributed by atoms with Gasteiger partial charge in [0.2, 0.25) is 0 Å². The molecule has 0 aromatic rings. The zero-order valence-electron chi connectivity index (χ0n) is 12.7. The average molecular weight is 477 g/mol. The maximum Gasteiger partial charge on any atom is 3.00 e. The van der Waals surface area contributed by atoms with Crippen LogP contribution in [0.3, 0.4) is 0 Å². The molecular formula is C12H29Cl3NO3RhS. The van der Waals surface area contributed by atoms with Crippen LogP contribution in [0, 0.1) is 0 Å². The van der Waals surface area contributed by atoms with Gasteiger partial charge in [-0.1, -0.05) is 26.7 Å². The van der Waals surface area contributed by atoms with E-state index in [-0.39, 0.29) is 56.7 Å². The molecule has 9 heteroatoms. The van der Waals surface area contributed by atoms with Crippen LogP contribution in [-0.2, 0) is 19.5 Å². The summed E-state index contributed by atoms with van der Waals surface area (Å²) in [4.78, 5) is 0. The van der Waals surface area contributed by atoms with Crippen molar-refractivity contribution in [3.63, 3.8) is 0 Å². The number of hydrogen-bond donors (Lipinski definition) is 4. The molecule has 0 bridgehead atoms. The molecule has 0 atom stereocenters. The standard InChI is InChI=1S/C8H18S.C4H11NO3.3ClH.Rh/c1-3-5-7-9-8-6-4-2;5-4(1-6,2-7)3-8;;;;/h3-8H2,1-2H3;6-8H,1-3,5H2;3*1H;/q;;;;;+3/p-3. The van der Waals surface area contributed by atoms with Gasteiger partial charge < -0.3 is 58.3 Å². The summed E-state index contributed by atoms with van der Waals surface area (Å²) in [6.45, 7) is 3.29. The van der Waals surface area contributed by atoms with E-state index in [1.165, 1.54) is 37.2 Å². The summed E-state index contributed by atoms with van der Waals surface area (Å²) >= 11 is 2.10.